The molecule has 0 aliphatic carbocycles. The van der Waals surface area contributed by atoms with E-state index < -0.39 is 0 Å². The third kappa shape index (κ3) is 2.26. The van der Waals surface area contributed by atoms with E-state index in [0.717, 1.165) is 11.3 Å². The molecule has 0 saturated heterocycles. The zero-order chi connectivity index (χ0) is 14.8. The van der Waals surface area contributed by atoms with Gasteiger partial charge in [-0.25, -0.2) is 4.98 Å². The first kappa shape index (κ1) is 12.5. The first-order valence-corrected chi connectivity index (χ1v) is 6.74. The highest BCUT2D eigenvalue weighted by atomic mass is 16.5. The summed E-state index contributed by atoms with van der Waals surface area (Å²) in [4.78, 5) is 12.5. The first-order chi connectivity index (χ1) is 10.9. The van der Waals surface area contributed by atoms with E-state index in [1.165, 1.54) is 0 Å². The summed E-state index contributed by atoms with van der Waals surface area (Å²) in [6.07, 6.45) is 8.77. The number of hydrogen-bond acceptors (Lipinski definition) is 5. The van der Waals surface area contributed by atoms with Crippen molar-refractivity contribution in [2.24, 2.45) is 0 Å². The van der Waals surface area contributed by atoms with Crippen LogP contribution in [0.3, 0.4) is 0 Å². The molecule has 4 aromatic rings. The zero-order valence-corrected chi connectivity index (χ0v) is 11.5. The van der Waals surface area contributed by atoms with E-state index in [2.05, 4.69) is 20.1 Å². The molecule has 3 heterocycles. The fraction of sp³-hybridized carbons (Fsp3) is 0. The Morgan fingerprint density at radius 3 is 2.50 bits per heavy atom. The number of hydrogen-bond donors (Lipinski definition) is 0. The number of benzene rings is 1. The minimum Gasteiger partial charge on any atom is -0.332 e. The molecule has 0 bridgehead atoms. The summed E-state index contributed by atoms with van der Waals surface area (Å²) in [7, 11) is 0. The van der Waals surface area contributed by atoms with Crippen LogP contribution in [0.25, 0.3) is 28.7 Å². The van der Waals surface area contributed by atoms with Gasteiger partial charge in [-0.15, -0.1) is 0 Å². The second-order valence-electron chi connectivity index (χ2n) is 4.65. The summed E-state index contributed by atoms with van der Waals surface area (Å²) in [5.41, 5.74) is 2.52. The summed E-state index contributed by atoms with van der Waals surface area (Å²) in [6.45, 7) is 0. The van der Waals surface area contributed by atoms with Crippen molar-refractivity contribution in [2.45, 2.75) is 0 Å². The van der Waals surface area contributed by atoms with Gasteiger partial charge in [0.15, 0.2) is 0 Å². The molecule has 0 N–H and O–H groups in total. The Balaban J connectivity index is 1.64. The lowest BCUT2D eigenvalue weighted by molar-refractivity contribution is 0.431. The third-order valence-corrected chi connectivity index (χ3v) is 3.24. The van der Waals surface area contributed by atoms with Gasteiger partial charge in [-0.2, -0.15) is 4.98 Å². The van der Waals surface area contributed by atoms with Gasteiger partial charge in [-0.1, -0.05) is 5.16 Å². The summed E-state index contributed by atoms with van der Waals surface area (Å²) >= 11 is 0. The molecule has 0 unspecified atom stereocenters. The molecule has 3 aromatic heterocycles. The van der Waals surface area contributed by atoms with Gasteiger partial charge >= 0.3 is 0 Å². The average Bonchev–Trinajstić information content (AvgIpc) is 3.28. The van der Waals surface area contributed by atoms with Crippen molar-refractivity contribution >= 4 is 0 Å². The topological polar surface area (TPSA) is 69.6 Å². The second kappa shape index (κ2) is 5.25. The molecule has 22 heavy (non-hydrogen) atoms. The van der Waals surface area contributed by atoms with Crippen molar-refractivity contribution in [1.82, 2.24) is 24.7 Å². The smallest absolute Gasteiger partial charge is 0.278 e. The lowest BCUT2D eigenvalue weighted by Gasteiger charge is -2.02. The van der Waals surface area contributed by atoms with Crippen molar-refractivity contribution in [3.05, 3.63) is 67.4 Å². The second-order valence-corrected chi connectivity index (χ2v) is 4.65. The maximum Gasteiger partial charge on any atom is 0.278 e. The molecule has 1 aromatic carbocycles. The van der Waals surface area contributed by atoms with Crippen LogP contribution in [0.2, 0.25) is 0 Å². The molecule has 6 heteroatoms. The minimum absolute atomic E-state index is 0.359. The van der Waals surface area contributed by atoms with Crippen LogP contribution in [0.4, 0.5) is 0 Å². The van der Waals surface area contributed by atoms with E-state index in [9.17, 15) is 0 Å². The molecule has 0 amide bonds. The Hall–Kier alpha value is -3.28. The van der Waals surface area contributed by atoms with Gasteiger partial charge in [0.25, 0.3) is 5.89 Å². The summed E-state index contributed by atoms with van der Waals surface area (Å²) in [5.74, 6) is 0.886. The van der Waals surface area contributed by atoms with Crippen LogP contribution in [0.1, 0.15) is 0 Å². The fourth-order valence-electron chi connectivity index (χ4n) is 2.14. The maximum absolute atomic E-state index is 5.24. The first-order valence-electron chi connectivity index (χ1n) is 6.74. The Labute approximate surface area is 126 Å². The van der Waals surface area contributed by atoms with Crippen LogP contribution in [0, 0.1) is 0 Å². The molecule has 0 aliphatic heterocycles. The molecule has 0 atom stereocenters. The molecule has 0 fully saturated rings. The normalized spacial score (nSPS) is 10.7. The highest BCUT2D eigenvalue weighted by Crippen LogP contribution is 2.21. The molecule has 0 spiro atoms. The number of rotatable bonds is 3. The van der Waals surface area contributed by atoms with E-state index in [0.29, 0.717) is 17.4 Å². The molecule has 0 saturated carbocycles. The molecular weight excluding hydrogens is 278 g/mol. The molecule has 4 rings (SSSR count). The number of nitrogens with zero attached hydrogens (tertiary/aromatic N) is 5. The Morgan fingerprint density at radius 1 is 0.955 bits per heavy atom. The van der Waals surface area contributed by atoms with Crippen LogP contribution in [0.15, 0.2) is 71.9 Å². The van der Waals surface area contributed by atoms with E-state index >= 15 is 0 Å². The van der Waals surface area contributed by atoms with Crippen LogP contribution in [-0.4, -0.2) is 24.7 Å². The zero-order valence-electron chi connectivity index (χ0n) is 11.5. The Kier molecular flexibility index (Phi) is 2.97. The lowest BCUT2D eigenvalue weighted by Crippen LogP contribution is -1.89. The number of aromatic nitrogens is 5. The van der Waals surface area contributed by atoms with E-state index in [1.807, 2.05) is 53.4 Å². The van der Waals surface area contributed by atoms with Crippen molar-refractivity contribution in [1.29, 1.82) is 0 Å². The van der Waals surface area contributed by atoms with Gasteiger partial charge in [0, 0.05) is 36.0 Å². The van der Waals surface area contributed by atoms with Gasteiger partial charge in [0.2, 0.25) is 5.82 Å². The van der Waals surface area contributed by atoms with Gasteiger partial charge < -0.3 is 9.09 Å². The lowest BCUT2D eigenvalue weighted by atomic mass is 10.2. The average molecular weight is 289 g/mol. The largest absolute Gasteiger partial charge is 0.332 e. The van der Waals surface area contributed by atoms with Gasteiger partial charge in [0.1, 0.15) is 5.69 Å². The third-order valence-electron chi connectivity index (χ3n) is 3.24. The van der Waals surface area contributed by atoms with Gasteiger partial charge in [-0.3, -0.25) is 4.98 Å². The quantitative estimate of drug-likeness (QED) is 0.580. The summed E-state index contributed by atoms with van der Waals surface area (Å²) < 4.78 is 7.27. The highest BCUT2D eigenvalue weighted by molar-refractivity contribution is 5.59. The molecular formula is C16H11N5O. The van der Waals surface area contributed by atoms with E-state index in [4.69, 9.17) is 4.52 Å². The molecule has 0 radical (unpaired) electrons. The highest BCUT2D eigenvalue weighted by Gasteiger charge is 2.11. The van der Waals surface area contributed by atoms with Crippen molar-refractivity contribution in [3.63, 3.8) is 0 Å². The summed E-state index contributed by atoms with van der Waals surface area (Å²) in [5, 5.41) is 3.99. The monoisotopic (exact) mass is 289 g/mol. The molecule has 0 aliphatic rings. The Morgan fingerprint density at radius 2 is 1.77 bits per heavy atom. The van der Waals surface area contributed by atoms with Crippen LogP contribution in [0.5, 0.6) is 0 Å². The predicted molar refractivity (Wildman–Crippen MR) is 80.1 cm³/mol. The van der Waals surface area contributed by atoms with Crippen molar-refractivity contribution in [3.8, 4) is 28.7 Å². The summed E-state index contributed by atoms with van der Waals surface area (Å²) in [6, 6.07) is 11.9. The van der Waals surface area contributed by atoms with E-state index in [-0.39, 0.29) is 0 Å². The minimum atomic E-state index is 0.359. The van der Waals surface area contributed by atoms with Crippen LogP contribution >= 0.6 is 0 Å². The van der Waals surface area contributed by atoms with Crippen LogP contribution < -0.4 is 0 Å². The van der Waals surface area contributed by atoms with Gasteiger partial charge in [-0.05, 0) is 36.4 Å². The SMILES string of the molecule is c1ccn(-c2ccc(-c3noc(-c4cnccn4)n3)cc2)c1. The maximum atomic E-state index is 5.24. The van der Waals surface area contributed by atoms with E-state index in [1.54, 1.807) is 18.6 Å². The van der Waals surface area contributed by atoms with Gasteiger partial charge in [0.05, 0.1) is 6.20 Å². The molecule has 6 nitrogen and oxygen atoms in total. The Bertz CT molecular complexity index is 867. The standard InChI is InChI=1S/C16H11N5O/c1-2-10-21(9-1)13-5-3-12(4-6-13)15-19-16(22-20-15)14-11-17-7-8-18-14/h1-11H. The predicted octanol–water partition coefficient (Wildman–Crippen LogP) is 2.98. The van der Waals surface area contributed by atoms with Crippen LogP contribution in [-0.2, 0) is 0 Å². The molecule has 106 valence electrons. The fourth-order valence-corrected chi connectivity index (χ4v) is 2.14. The van der Waals surface area contributed by atoms with Crippen molar-refractivity contribution in [2.75, 3.05) is 0 Å². The van der Waals surface area contributed by atoms with Crippen molar-refractivity contribution < 1.29 is 4.52 Å².